The number of hydrogen-bond acceptors (Lipinski definition) is 6. The van der Waals surface area contributed by atoms with Crippen molar-refractivity contribution in [3.63, 3.8) is 0 Å². The molecule has 2 heterocycles. The standard InChI is InChI=1S/C19H20N2O4S2/c1-3-11-9-12(19(24)25-4-2)18(26-11)21-16(22)10-15-17(23)20-13-7-5-6-8-14(13)27-15/h5-9,15H,3-4,10H2,1-2H3,(H,20,23)(H,21,22)/t15-/m0/s1. The smallest absolute Gasteiger partial charge is 0.341 e. The highest BCUT2D eigenvalue weighted by Crippen LogP contribution is 2.37. The molecule has 2 amide bonds. The van der Waals surface area contributed by atoms with Crippen LogP contribution in [0.2, 0.25) is 0 Å². The molecule has 0 bridgehead atoms. The van der Waals surface area contributed by atoms with Crippen molar-refractivity contribution in [1.82, 2.24) is 0 Å². The Morgan fingerprint density at radius 1 is 1.26 bits per heavy atom. The Morgan fingerprint density at radius 2 is 2.04 bits per heavy atom. The maximum Gasteiger partial charge on any atom is 0.341 e. The van der Waals surface area contributed by atoms with Crippen molar-refractivity contribution in [3.05, 3.63) is 40.8 Å². The van der Waals surface area contributed by atoms with E-state index < -0.39 is 11.2 Å². The molecule has 0 aliphatic carbocycles. The number of benzene rings is 1. The zero-order valence-corrected chi connectivity index (χ0v) is 16.7. The molecule has 1 aromatic heterocycles. The molecule has 0 radical (unpaired) electrons. The number of carbonyl (C=O) groups excluding carboxylic acids is 3. The van der Waals surface area contributed by atoms with Gasteiger partial charge >= 0.3 is 5.97 Å². The van der Waals surface area contributed by atoms with Crippen molar-refractivity contribution in [2.45, 2.75) is 36.8 Å². The maximum atomic E-state index is 12.5. The molecule has 2 N–H and O–H groups in total. The summed E-state index contributed by atoms with van der Waals surface area (Å²) in [5.41, 5.74) is 1.12. The zero-order chi connectivity index (χ0) is 19.4. The third-order valence-corrected chi connectivity index (χ3v) is 6.43. The summed E-state index contributed by atoms with van der Waals surface area (Å²) in [7, 11) is 0. The first-order valence-corrected chi connectivity index (χ1v) is 10.4. The first-order chi connectivity index (χ1) is 13.0. The number of amides is 2. The second kappa shape index (κ2) is 8.58. The number of hydrogen-bond donors (Lipinski definition) is 2. The number of aryl methyl sites for hydroxylation is 1. The van der Waals surface area contributed by atoms with E-state index in [0.717, 1.165) is 21.9 Å². The lowest BCUT2D eigenvalue weighted by Gasteiger charge is -2.23. The quantitative estimate of drug-likeness (QED) is 0.713. The SMILES string of the molecule is CCOC(=O)c1cc(CC)sc1NC(=O)C[C@@H]1Sc2ccccc2NC1=O. The fourth-order valence-electron chi connectivity index (χ4n) is 2.64. The topological polar surface area (TPSA) is 84.5 Å². The van der Waals surface area contributed by atoms with Crippen LogP contribution in [0.1, 0.15) is 35.5 Å². The lowest BCUT2D eigenvalue weighted by atomic mass is 10.2. The van der Waals surface area contributed by atoms with E-state index in [1.54, 1.807) is 13.0 Å². The van der Waals surface area contributed by atoms with Crippen LogP contribution in [0.4, 0.5) is 10.7 Å². The molecule has 1 aliphatic rings. The Morgan fingerprint density at radius 3 is 2.78 bits per heavy atom. The molecule has 1 aliphatic heterocycles. The van der Waals surface area contributed by atoms with Crippen LogP contribution in [0, 0.1) is 0 Å². The molecule has 0 saturated carbocycles. The summed E-state index contributed by atoms with van der Waals surface area (Å²) in [5.74, 6) is -0.959. The van der Waals surface area contributed by atoms with E-state index in [1.165, 1.54) is 23.1 Å². The lowest BCUT2D eigenvalue weighted by Crippen LogP contribution is -2.32. The number of ether oxygens (including phenoxy) is 1. The van der Waals surface area contributed by atoms with Crippen molar-refractivity contribution < 1.29 is 19.1 Å². The van der Waals surface area contributed by atoms with Gasteiger partial charge in [0.25, 0.3) is 0 Å². The van der Waals surface area contributed by atoms with Gasteiger partial charge in [-0.15, -0.1) is 23.1 Å². The van der Waals surface area contributed by atoms with Crippen LogP contribution >= 0.6 is 23.1 Å². The number of fused-ring (bicyclic) bond motifs is 1. The van der Waals surface area contributed by atoms with Crippen molar-refractivity contribution >= 4 is 51.6 Å². The normalized spacial score (nSPS) is 15.6. The summed E-state index contributed by atoms with van der Waals surface area (Å²) >= 11 is 2.72. The van der Waals surface area contributed by atoms with Gasteiger partial charge in [0.15, 0.2) is 0 Å². The molecule has 3 rings (SSSR count). The van der Waals surface area contributed by atoms with Gasteiger partial charge in [-0.3, -0.25) is 9.59 Å². The van der Waals surface area contributed by atoms with Crippen LogP contribution in [0.25, 0.3) is 0 Å². The van der Waals surface area contributed by atoms with Gasteiger partial charge in [0.2, 0.25) is 11.8 Å². The minimum absolute atomic E-state index is 0.0203. The molecule has 27 heavy (non-hydrogen) atoms. The Balaban J connectivity index is 1.70. The van der Waals surface area contributed by atoms with E-state index in [4.69, 9.17) is 4.74 Å². The summed E-state index contributed by atoms with van der Waals surface area (Å²) in [6.45, 7) is 3.98. The highest BCUT2D eigenvalue weighted by atomic mass is 32.2. The molecular formula is C19H20N2O4S2. The predicted octanol–water partition coefficient (Wildman–Crippen LogP) is 3.93. The molecule has 0 unspecified atom stereocenters. The molecule has 142 valence electrons. The summed E-state index contributed by atoms with van der Waals surface area (Å²) in [6.07, 6.45) is 0.775. The maximum absolute atomic E-state index is 12.5. The lowest BCUT2D eigenvalue weighted by molar-refractivity contribution is -0.120. The fourth-order valence-corrected chi connectivity index (χ4v) is 4.75. The van der Waals surface area contributed by atoms with Crippen molar-refractivity contribution in [2.75, 3.05) is 17.2 Å². The molecule has 2 aromatic rings. The molecule has 1 atom stereocenters. The van der Waals surface area contributed by atoms with Crippen LogP contribution < -0.4 is 10.6 Å². The molecule has 0 fully saturated rings. The number of anilines is 2. The number of thioether (sulfide) groups is 1. The van der Waals surface area contributed by atoms with Gasteiger partial charge in [-0.25, -0.2) is 4.79 Å². The number of nitrogens with one attached hydrogen (secondary N) is 2. The largest absolute Gasteiger partial charge is 0.462 e. The minimum atomic E-state index is -0.517. The molecule has 1 aromatic carbocycles. The second-order valence-corrected chi connectivity index (χ2v) is 8.26. The highest BCUT2D eigenvalue weighted by Gasteiger charge is 2.29. The van der Waals surface area contributed by atoms with Gasteiger partial charge in [-0.05, 0) is 31.5 Å². The van der Waals surface area contributed by atoms with Crippen LogP contribution in [-0.2, 0) is 20.7 Å². The van der Waals surface area contributed by atoms with Gasteiger partial charge in [-0.1, -0.05) is 19.1 Å². The van der Waals surface area contributed by atoms with Crippen LogP contribution in [-0.4, -0.2) is 29.6 Å². The summed E-state index contributed by atoms with van der Waals surface area (Å²) in [5, 5.41) is 5.56. The number of esters is 1. The number of thiophene rings is 1. The summed E-state index contributed by atoms with van der Waals surface area (Å²) in [6, 6.07) is 9.24. The average Bonchev–Trinajstić information content (AvgIpc) is 3.05. The zero-order valence-electron chi connectivity index (χ0n) is 15.0. The number of carbonyl (C=O) groups is 3. The van der Waals surface area contributed by atoms with Gasteiger partial charge in [0.05, 0.1) is 23.1 Å². The molecule has 0 saturated heterocycles. The van der Waals surface area contributed by atoms with E-state index in [-0.39, 0.29) is 24.8 Å². The van der Waals surface area contributed by atoms with E-state index >= 15 is 0 Å². The van der Waals surface area contributed by atoms with Gasteiger partial charge in [0.1, 0.15) is 5.00 Å². The Labute approximate surface area is 165 Å². The molecule has 0 spiro atoms. The third kappa shape index (κ3) is 4.51. The number of para-hydroxylation sites is 1. The van der Waals surface area contributed by atoms with E-state index in [1.807, 2.05) is 31.2 Å². The van der Waals surface area contributed by atoms with E-state index in [0.29, 0.717) is 10.6 Å². The van der Waals surface area contributed by atoms with Crippen LogP contribution in [0.3, 0.4) is 0 Å². The first kappa shape index (κ1) is 19.4. The Kier molecular flexibility index (Phi) is 6.18. The molecule has 6 nitrogen and oxygen atoms in total. The van der Waals surface area contributed by atoms with Crippen molar-refractivity contribution in [1.29, 1.82) is 0 Å². The third-order valence-electron chi connectivity index (χ3n) is 3.96. The second-order valence-electron chi connectivity index (χ2n) is 5.87. The molecule has 8 heteroatoms. The minimum Gasteiger partial charge on any atom is -0.462 e. The first-order valence-electron chi connectivity index (χ1n) is 8.68. The Bertz CT molecular complexity index is 878. The van der Waals surface area contributed by atoms with E-state index in [2.05, 4.69) is 10.6 Å². The van der Waals surface area contributed by atoms with Gasteiger partial charge < -0.3 is 15.4 Å². The summed E-state index contributed by atoms with van der Waals surface area (Å²) in [4.78, 5) is 38.8. The van der Waals surface area contributed by atoms with Gasteiger partial charge in [-0.2, -0.15) is 0 Å². The predicted molar refractivity (Wildman–Crippen MR) is 108 cm³/mol. The monoisotopic (exact) mass is 404 g/mol. The van der Waals surface area contributed by atoms with Crippen LogP contribution in [0.15, 0.2) is 35.2 Å². The molecular weight excluding hydrogens is 384 g/mol. The van der Waals surface area contributed by atoms with Gasteiger partial charge in [0, 0.05) is 16.2 Å². The average molecular weight is 405 g/mol. The van der Waals surface area contributed by atoms with Crippen LogP contribution in [0.5, 0.6) is 0 Å². The van der Waals surface area contributed by atoms with E-state index in [9.17, 15) is 14.4 Å². The van der Waals surface area contributed by atoms with Crippen molar-refractivity contribution in [3.8, 4) is 0 Å². The Hall–Kier alpha value is -2.32. The number of rotatable bonds is 6. The highest BCUT2D eigenvalue weighted by molar-refractivity contribution is 8.01. The summed E-state index contributed by atoms with van der Waals surface area (Å²) < 4.78 is 5.06. The van der Waals surface area contributed by atoms with Crippen molar-refractivity contribution in [2.24, 2.45) is 0 Å². The fraction of sp³-hybridized carbons (Fsp3) is 0.316.